The minimum atomic E-state index is -1.01. The summed E-state index contributed by atoms with van der Waals surface area (Å²) in [6.45, 7) is 1.81. The summed E-state index contributed by atoms with van der Waals surface area (Å²) in [5.41, 5.74) is 1.62. The molecule has 0 spiro atoms. The van der Waals surface area contributed by atoms with E-state index < -0.39 is 18.0 Å². The van der Waals surface area contributed by atoms with Gasteiger partial charge in [0.1, 0.15) is 0 Å². The van der Waals surface area contributed by atoms with Gasteiger partial charge in [-0.2, -0.15) is 0 Å². The zero-order valence-electron chi connectivity index (χ0n) is 16.3. The molecular formula is C24H20ClNO4. The van der Waals surface area contributed by atoms with Crippen LogP contribution in [-0.4, -0.2) is 23.8 Å². The predicted octanol–water partition coefficient (Wildman–Crippen LogP) is 4.43. The monoisotopic (exact) mass is 421 g/mol. The first-order chi connectivity index (χ1) is 14.5. The number of carbonyl (C=O) groups is 3. The van der Waals surface area contributed by atoms with E-state index in [9.17, 15) is 14.4 Å². The minimum absolute atomic E-state index is 0.0974. The van der Waals surface area contributed by atoms with Gasteiger partial charge in [-0.25, -0.2) is 4.79 Å². The van der Waals surface area contributed by atoms with Crippen molar-refractivity contribution in [3.63, 3.8) is 0 Å². The summed E-state index contributed by atoms with van der Waals surface area (Å²) in [5.74, 6) is -1.50. The second kappa shape index (κ2) is 9.85. The molecule has 0 aliphatic carbocycles. The van der Waals surface area contributed by atoms with E-state index >= 15 is 0 Å². The van der Waals surface area contributed by atoms with Crippen molar-refractivity contribution in [2.24, 2.45) is 0 Å². The van der Waals surface area contributed by atoms with Crippen molar-refractivity contribution in [3.8, 4) is 0 Å². The summed E-state index contributed by atoms with van der Waals surface area (Å²) < 4.78 is 5.31. The Morgan fingerprint density at radius 1 is 0.867 bits per heavy atom. The first kappa shape index (κ1) is 21.3. The normalized spacial score (nSPS) is 11.4. The molecule has 30 heavy (non-hydrogen) atoms. The van der Waals surface area contributed by atoms with E-state index in [0.717, 1.165) is 5.56 Å². The van der Waals surface area contributed by atoms with Crippen LogP contribution in [0.2, 0.25) is 5.02 Å². The van der Waals surface area contributed by atoms with Crippen LogP contribution >= 0.6 is 11.6 Å². The molecule has 1 N–H and O–H groups in total. The van der Waals surface area contributed by atoms with Crippen LogP contribution in [0, 0.1) is 0 Å². The molecule has 6 heteroatoms. The number of hydrogen-bond donors (Lipinski definition) is 1. The van der Waals surface area contributed by atoms with E-state index in [4.69, 9.17) is 16.3 Å². The Balaban J connectivity index is 1.68. The maximum Gasteiger partial charge on any atom is 0.339 e. The standard InChI is InChI=1S/C24H20ClNO4/c1-16(23(28)26-15-17-7-3-2-4-8-17)30-24(29)21-10-6-5-9-20(21)22(27)18-11-13-19(25)14-12-18/h2-14,16H,15H2,1H3,(H,26,28). The molecule has 5 nitrogen and oxygen atoms in total. The highest BCUT2D eigenvalue weighted by Crippen LogP contribution is 2.18. The molecule has 0 fully saturated rings. The third kappa shape index (κ3) is 5.33. The first-order valence-corrected chi connectivity index (χ1v) is 9.75. The van der Waals surface area contributed by atoms with Crippen LogP contribution in [0.25, 0.3) is 0 Å². The Bertz CT molecular complexity index is 1050. The predicted molar refractivity (Wildman–Crippen MR) is 114 cm³/mol. The largest absolute Gasteiger partial charge is 0.449 e. The highest BCUT2D eigenvalue weighted by Gasteiger charge is 2.23. The van der Waals surface area contributed by atoms with Gasteiger partial charge in [-0.15, -0.1) is 0 Å². The van der Waals surface area contributed by atoms with E-state index in [1.54, 1.807) is 42.5 Å². The van der Waals surface area contributed by atoms with Crippen LogP contribution in [0.4, 0.5) is 0 Å². The van der Waals surface area contributed by atoms with Crippen molar-refractivity contribution in [1.82, 2.24) is 5.32 Å². The maximum absolute atomic E-state index is 12.8. The van der Waals surface area contributed by atoms with Crippen molar-refractivity contribution < 1.29 is 19.1 Å². The number of ether oxygens (including phenoxy) is 1. The minimum Gasteiger partial charge on any atom is -0.449 e. The smallest absolute Gasteiger partial charge is 0.339 e. The molecule has 3 aromatic carbocycles. The second-order valence-electron chi connectivity index (χ2n) is 6.63. The Hall–Kier alpha value is -3.44. The van der Waals surface area contributed by atoms with Crippen LogP contribution in [-0.2, 0) is 16.1 Å². The van der Waals surface area contributed by atoms with Crippen molar-refractivity contribution in [3.05, 3.63) is 106 Å². The number of amides is 1. The van der Waals surface area contributed by atoms with E-state index in [2.05, 4.69) is 5.32 Å². The van der Waals surface area contributed by atoms with Gasteiger partial charge in [0.2, 0.25) is 0 Å². The quantitative estimate of drug-likeness (QED) is 0.452. The van der Waals surface area contributed by atoms with Crippen molar-refractivity contribution in [2.45, 2.75) is 19.6 Å². The molecule has 0 saturated heterocycles. The molecule has 1 amide bonds. The van der Waals surface area contributed by atoms with E-state index in [-0.39, 0.29) is 16.9 Å². The number of carbonyl (C=O) groups excluding carboxylic acids is 3. The molecule has 0 bridgehead atoms. The molecule has 0 heterocycles. The number of esters is 1. The van der Waals surface area contributed by atoms with E-state index in [1.165, 1.54) is 13.0 Å². The molecule has 0 aliphatic rings. The van der Waals surface area contributed by atoms with Gasteiger partial charge in [-0.3, -0.25) is 9.59 Å². The Labute approximate surface area is 179 Å². The molecule has 0 aromatic heterocycles. The molecule has 0 aliphatic heterocycles. The topological polar surface area (TPSA) is 72.5 Å². The zero-order valence-corrected chi connectivity index (χ0v) is 17.1. The highest BCUT2D eigenvalue weighted by atomic mass is 35.5. The lowest BCUT2D eigenvalue weighted by molar-refractivity contribution is -0.129. The number of halogens is 1. The molecular weight excluding hydrogens is 402 g/mol. The average molecular weight is 422 g/mol. The molecule has 1 atom stereocenters. The third-order valence-corrected chi connectivity index (χ3v) is 4.71. The van der Waals surface area contributed by atoms with Crippen LogP contribution < -0.4 is 5.32 Å². The third-order valence-electron chi connectivity index (χ3n) is 4.46. The molecule has 0 radical (unpaired) electrons. The molecule has 3 rings (SSSR count). The Morgan fingerprint density at radius 2 is 1.47 bits per heavy atom. The van der Waals surface area contributed by atoms with Gasteiger partial charge < -0.3 is 10.1 Å². The van der Waals surface area contributed by atoms with Gasteiger partial charge in [0.25, 0.3) is 5.91 Å². The van der Waals surface area contributed by atoms with Crippen LogP contribution in [0.5, 0.6) is 0 Å². The number of hydrogen-bond acceptors (Lipinski definition) is 4. The summed E-state index contributed by atoms with van der Waals surface area (Å²) >= 11 is 5.87. The van der Waals surface area contributed by atoms with Gasteiger partial charge in [0, 0.05) is 22.7 Å². The molecule has 0 saturated carbocycles. The Morgan fingerprint density at radius 3 is 2.13 bits per heavy atom. The second-order valence-corrected chi connectivity index (χ2v) is 7.07. The first-order valence-electron chi connectivity index (χ1n) is 9.37. The van der Waals surface area contributed by atoms with Crippen molar-refractivity contribution in [1.29, 1.82) is 0 Å². The molecule has 3 aromatic rings. The fourth-order valence-corrected chi connectivity index (χ4v) is 2.95. The summed E-state index contributed by atoms with van der Waals surface area (Å²) in [4.78, 5) is 37.8. The summed E-state index contributed by atoms with van der Waals surface area (Å²) in [5, 5.41) is 3.24. The summed E-state index contributed by atoms with van der Waals surface area (Å²) in [6, 6.07) is 22.1. The van der Waals surface area contributed by atoms with E-state index in [1.807, 2.05) is 30.3 Å². The van der Waals surface area contributed by atoms with Crippen LogP contribution in [0.15, 0.2) is 78.9 Å². The number of nitrogens with one attached hydrogen (secondary N) is 1. The maximum atomic E-state index is 12.8. The Kier molecular flexibility index (Phi) is 6.99. The lowest BCUT2D eigenvalue weighted by Gasteiger charge is -2.15. The van der Waals surface area contributed by atoms with Gasteiger partial charge in [0.05, 0.1) is 5.56 Å². The van der Waals surface area contributed by atoms with Crippen LogP contribution in [0.3, 0.4) is 0 Å². The fraction of sp³-hybridized carbons (Fsp3) is 0.125. The highest BCUT2D eigenvalue weighted by molar-refractivity contribution is 6.30. The fourth-order valence-electron chi connectivity index (χ4n) is 2.82. The molecule has 1 unspecified atom stereocenters. The van der Waals surface area contributed by atoms with Crippen LogP contribution in [0.1, 0.15) is 38.8 Å². The van der Waals surface area contributed by atoms with Crippen molar-refractivity contribution in [2.75, 3.05) is 0 Å². The summed E-state index contributed by atoms with van der Waals surface area (Å²) in [7, 11) is 0. The van der Waals surface area contributed by atoms with Gasteiger partial charge in [-0.05, 0) is 42.8 Å². The van der Waals surface area contributed by atoms with Crippen molar-refractivity contribution >= 4 is 29.3 Å². The average Bonchev–Trinajstić information content (AvgIpc) is 2.78. The lowest BCUT2D eigenvalue weighted by Crippen LogP contribution is -2.35. The number of ketones is 1. The lowest BCUT2D eigenvalue weighted by atomic mass is 9.98. The summed E-state index contributed by atoms with van der Waals surface area (Å²) in [6.07, 6.45) is -1.01. The van der Waals surface area contributed by atoms with E-state index in [0.29, 0.717) is 17.1 Å². The molecule has 152 valence electrons. The van der Waals surface area contributed by atoms with Gasteiger partial charge in [-0.1, -0.05) is 60.1 Å². The number of rotatable bonds is 7. The van der Waals surface area contributed by atoms with Gasteiger partial charge >= 0.3 is 5.97 Å². The SMILES string of the molecule is CC(OC(=O)c1ccccc1C(=O)c1ccc(Cl)cc1)C(=O)NCc1ccccc1. The zero-order chi connectivity index (χ0) is 21.5. The number of benzene rings is 3. The van der Waals surface area contributed by atoms with Gasteiger partial charge in [0.15, 0.2) is 11.9 Å².